The molecule has 0 spiro atoms. The first kappa shape index (κ1) is 12.6. The molecule has 0 aliphatic carbocycles. The second kappa shape index (κ2) is 5.21. The van der Waals surface area contributed by atoms with Crippen LogP contribution in [0.15, 0.2) is 11.2 Å². The van der Waals surface area contributed by atoms with Crippen molar-refractivity contribution < 1.29 is 9.90 Å². The molecule has 96 valence electrons. The van der Waals surface area contributed by atoms with E-state index in [4.69, 9.17) is 5.11 Å². The number of H-pyrrole nitrogens is 1. The van der Waals surface area contributed by atoms with E-state index in [1.54, 1.807) is 0 Å². The maximum atomic E-state index is 10.5. The summed E-state index contributed by atoms with van der Waals surface area (Å²) in [5, 5.41) is 20.1. The van der Waals surface area contributed by atoms with Crippen molar-refractivity contribution in [3.05, 3.63) is 11.8 Å². The predicted molar refractivity (Wildman–Crippen MR) is 66.4 cm³/mol. The van der Waals surface area contributed by atoms with Crippen LogP contribution < -0.4 is 0 Å². The van der Waals surface area contributed by atoms with Crippen molar-refractivity contribution in [1.82, 2.24) is 25.0 Å². The fourth-order valence-corrected chi connectivity index (χ4v) is 2.05. The van der Waals surface area contributed by atoms with E-state index in [9.17, 15) is 4.79 Å². The summed E-state index contributed by atoms with van der Waals surface area (Å²) < 4.78 is 1.82. The van der Waals surface area contributed by atoms with Gasteiger partial charge in [-0.05, 0) is 19.9 Å². The molecule has 2 rings (SSSR count). The number of nitrogens with one attached hydrogen (secondary N) is 1. The lowest BCUT2D eigenvalue weighted by Gasteiger charge is -1.99. The summed E-state index contributed by atoms with van der Waals surface area (Å²) in [5.41, 5.74) is 1.76. The Morgan fingerprint density at radius 3 is 3.06 bits per heavy atom. The molecule has 2 aromatic heterocycles. The van der Waals surface area contributed by atoms with Gasteiger partial charge in [0.25, 0.3) is 0 Å². The van der Waals surface area contributed by atoms with Crippen LogP contribution in [-0.4, -0.2) is 41.8 Å². The standard InChI is InChI=1S/C10H13N5O2S/c1-3-15-7(4-6(2)14-15)9-11-10(13-12-9)18-5-8(16)17/h4H,3,5H2,1-2H3,(H,16,17)(H,11,12,13). The maximum Gasteiger partial charge on any atom is 0.313 e. The third-order valence-electron chi connectivity index (χ3n) is 2.23. The molecule has 0 saturated carbocycles. The lowest BCUT2D eigenvalue weighted by Crippen LogP contribution is -2.00. The molecule has 0 bridgehead atoms. The van der Waals surface area contributed by atoms with Crippen molar-refractivity contribution in [1.29, 1.82) is 0 Å². The smallest absolute Gasteiger partial charge is 0.313 e. The van der Waals surface area contributed by atoms with E-state index in [0.717, 1.165) is 29.7 Å². The topological polar surface area (TPSA) is 96.7 Å². The molecule has 0 atom stereocenters. The number of aliphatic carboxylic acids is 1. The van der Waals surface area contributed by atoms with Crippen LogP contribution in [0.1, 0.15) is 12.6 Å². The summed E-state index contributed by atoms with van der Waals surface area (Å²) in [6, 6.07) is 1.91. The highest BCUT2D eigenvalue weighted by Crippen LogP contribution is 2.19. The first-order chi connectivity index (χ1) is 8.60. The molecule has 0 unspecified atom stereocenters. The van der Waals surface area contributed by atoms with Crippen LogP contribution in [0.25, 0.3) is 11.5 Å². The molecule has 2 N–H and O–H groups in total. The summed E-state index contributed by atoms with van der Waals surface area (Å²) in [7, 11) is 0. The number of hydrogen-bond donors (Lipinski definition) is 2. The molecule has 18 heavy (non-hydrogen) atoms. The molecule has 0 aromatic carbocycles. The van der Waals surface area contributed by atoms with Gasteiger partial charge in [0.15, 0.2) is 5.82 Å². The van der Waals surface area contributed by atoms with E-state index in [1.807, 2.05) is 24.6 Å². The molecule has 0 fully saturated rings. The summed E-state index contributed by atoms with van der Waals surface area (Å²) >= 11 is 1.08. The van der Waals surface area contributed by atoms with E-state index in [0.29, 0.717) is 11.0 Å². The first-order valence-corrected chi connectivity index (χ1v) is 6.40. The minimum absolute atomic E-state index is 0.0522. The molecule has 2 aromatic rings. The van der Waals surface area contributed by atoms with Crippen LogP contribution in [0, 0.1) is 6.92 Å². The van der Waals surface area contributed by atoms with Crippen LogP contribution >= 0.6 is 11.8 Å². The van der Waals surface area contributed by atoms with Crippen molar-refractivity contribution in [3.8, 4) is 11.5 Å². The quantitative estimate of drug-likeness (QED) is 0.789. The highest BCUT2D eigenvalue weighted by Gasteiger charge is 2.12. The van der Waals surface area contributed by atoms with E-state index >= 15 is 0 Å². The monoisotopic (exact) mass is 267 g/mol. The summed E-state index contributed by atoms with van der Waals surface area (Å²) in [4.78, 5) is 14.7. The largest absolute Gasteiger partial charge is 0.481 e. The zero-order chi connectivity index (χ0) is 13.1. The van der Waals surface area contributed by atoms with Gasteiger partial charge in [0.2, 0.25) is 5.16 Å². The molecule has 0 aliphatic heterocycles. The number of aromatic amines is 1. The summed E-state index contributed by atoms with van der Waals surface area (Å²) in [6.45, 7) is 4.64. The molecule has 0 amide bonds. The first-order valence-electron chi connectivity index (χ1n) is 5.42. The fraction of sp³-hybridized carbons (Fsp3) is 0.400. The Kier molecular flexibility index (Phi) is 3.66. The Hall–Kier alpha value is -1.83. The van der Waals surface area contributed by atoms with Crippen LogP contribution in [0.5, 0.6) is 0 Å². The average Bonchev–Trinajstić information content (AvgIpc) is 2.92. The average molecular weight is 267 g/mol. The number of carboxylic acid groups (broad SMARTS) is 1. The van der Waals surface area contributed by atoms with Crippen LogP contribution in [0.4, 0.5) is 0 Å². The van der Waals surface area contributed by atoms with Crippen LogP contribution in [-0.2, 0) is 11.3 Å². The van der Waals surface area contributed by atoms with Crippen molar-refractivity contribution >= 4 is 17.7 Å². The summed E-state index contributed by atoms with van der Waals surface area (Å²) in [6.07, 6.45) is 0. The molecule has 2 heterocycles. The molecular formula is C10H13N5O2S. The van der Waals surface area contributed by atoms with Crippen molar-refractivity contribution in [2.45, 2.75) is 25.5 Å². The Balaban J connectivity index is 2.20. The van der Waals surface area contributed by atoms with Crippen molar-refractivity contribution in [3.63, 3.8) is 0 Å². The summed E-state index contributed by atoms with van der Waals surface area (Å²) in [5.74, 6) is -0.338. The molecular weight excluding hydrogens is 254 g/mol. The number of hydrogen-bond acceptors (Lipinski definition) is 5. The number of carbonyl (C=O) groups is 1. The maximum absolute atomic E-state index is 10.5. The van der Waals surface area contributed by atoms with Gasteiger partial charge in [-0.2, -0.15) is 10.1 Å². The lowest BCUT2D eigenvalue weighted by molar-refractivity contribution is -0.133. The van der Waals surface area contributed by atoms with Crippen LogP contribution in [0.3, 0.4) is 0 Å². The molecule has 0 aliphatic rings. The number of rotatable bonds is 5. The zero-order valence-electron chi connectivity index (χ0n) is 10.0. The van der Waals surface area contributed by atoms with E-state index < -0.39 is 5.97 Å². The van der Waals surface area contributed by atoms with Gasteiger partial charge in [-0.3, -0.25) is 14.6 Å². The van der Waals surface area contributed by atoms with Gasteiger partial charge in [0.05, 0.1) is 11.4 Å². The zero-order valence-corrected chi connectivity index (χ0v) is 10.9. The van der Waals surface area contributed by atoms with Crippen molar-refractivity contribution in [2.24, 2.45) is 0 Å². The number of nitrogens with zero attached hydrogens (tertiary/aromatic N) is 4. The number of carboxylic acids is 1. The Bertz CT molecular complexity index is 562. The van der Waals surface area contributed by atoms with E-state index in [1.165, 1.54) is 0 Å². The van der Waals surface area contributed by atoms with Crippen LogP contribution in [0.2, 0.25) is 0 Å². The molecule has 0 radical (unpaired) electrons. The van der Waals surface area contributed by atoms with Gasteiger partial charge in [0, 0.05) is 6.54 Å². The second-order valence-corrected chi connectivity index (χ2v) is 4.58. The lowest BCUT2D eigenvalue weighted by atomic mass is 10.3. The van der Waals surface area contributed by atoms with Gasteiger partial charge in [-0.15, -0.1) is 5.10 Å². The minimum Gasteiger partial charge on any atom is -0.481 e. The Morgan fingerprint density at radius 2 is 2.39 bits per heavy atom. The third-order valence-corrected chi connectivity index (χ3v) is 3.07. The normalized spacial score (nSPS) is 10.8. The van der Waals surface area contributed by atoms with Gasteiger partial charge >= 0.3 is 5.97 Å². The molecule has 7 nitrogen and oxygen atoms in total. The van der Waals surface area contributed by atoms with Crippen molar-refractivity contribution in [2.75, 3.05) is 5.75 Å². The van der Waals surface area contributed by atoms with Gasteiger partial charge < -0.3 is 5.11 Å². The minimum atomic E-state index is -0.888. The highest BCUT2D eigenvalue weighted by molar-refractivity contribution is 7.99. The van der Waals surface area contributed by atoms with Gasteiger partial charge in [-0.25, -0.2) is 0 Å². The van der Waals surface area contributed by atoms with E-state index in [2.05, 4.69) is 20.3 Å². The molecule has 0 saturated heterocycles. The van der Waals surface area contributed by atoms with Gasteiger partial charge in [0.1, 0.15) is 5.69 Å². The molecule has 8 heteroatoms. The SMILES string of the molecule is CCn1nc(C)cc1-c1nc(SCC(=O)O)n[nH]1. The predicted octanol–water partition coefficient (Wildman–Crippen LogP) is 1.17. The highest BCUT2D eigenvalue weighted by atomic mass is 32.2. The Labute approximate surface area is 108 Å². The second-order valence-electron chi connectivity index (χ2n) is 3.64. The number of aromatic nitrogens is 5. The number of aryl methyl sites for hydroxylation is 2. The number of thioether (sulfide) groups is 1. The fourth-order valence-electron chi connectivity index (χ4n) is 1.53. The third kappa shape index (κ3) is 2.70. The van der Waals surface area contributed by atoms with Gasteiger partial charge in [-0.1, -0.05) is 11.8 Å². The van der Waals surface area contributed by atoms with E-state index in [-0.39, 0.29) is 5.75 Å². The Morgan fingerprint density at radius 1 is 1.61 bits per heavy atom.